The molecular weight excluding hydrogens is 286 g/mol. The van der Waals surface area contributed by atoms with Crippen LogP contribution in [0.2, 0.25) is 0 Å². The Morgan fingerprint density at radius 1 is 1.53 bits per heavy atom. The molecule has 1 unspecified atom stereocenters. The van der Waals surface area contributed by atoms with E-state index in [-0.39, 0.29) is 17.9 Å². The van der Waals surface area contributed by atoms with E-state index in [4.69, 9.17) is 0 Å². The van der Waals surface area contributed by atoms with E-state index >= 15 is 0 Å². The Kier molecular flexibility index (Phi) is 3.73. The fourth-order valence-corrected chi connectivity index (χ4v) is 1.99. The Balaban J connectivity index is 1.95. The molecule has 17 heavy (non-hydrogen) atoms. The standard InChI is InChI=1S/C11H12BrN3O2/c12-9-3-1-2-8(15-9)11(17)14-7-4-5-10(16)13-6-7/h1-3,7H,4-6H2,(H,13,16)(H,14,17). The van der Waals surface area contributed by atoms with Crippen molar-refractivity contribution in [3.8, 4) is 0 Å². The van der Waals surface area contributed by atoms with Gasteiger partial charge in [-0.25, -0.2) is 4.98 Å². The van der Waals surface area contributed by atoms with Crippen molar-refractivity contribution in [1.82, 2.24) is 15.6 Å². The highest BCUT2D eigenvalue weighted by atomic mass is 79.9. The fraction of sp³-hybridized carbons (Fsp3) is 0.364. The first-order chi connectivity index (χ1) is 8.15. The van der Waals surface area contributed by atoms with Gasteiger partial charge in [-0.15, -0.1) is 0 Å². The van der Waals surface area contributed by atoms with E-state index in [2.05, 4.69) is 31.5 Å². The molecule has 6 heteroatoms. The minimum Gasteiger partial charge on any atom is -0.354 e. The van der Waals surface area contributed by atoms with Crippen molar-refractivity contribution >= 4 is 27.7 Å². The van der Waals surface area contributed by atoms with Crippen LogP contribution in [0.3, 0.4) is 0 Å². The zero-order chi connectivity index (χ0) is 12.3. The average molecular weight is 298 g/mol. The summed E-state index contributed by atoms with van der Waals surface area (Å²) in [7, 11) is 0. The van der Waals surface area contributed by atoms with Crippen LogP contribution in [0.4, 0.5) is 0 Å². The summed E-state index contributed by atoms with van der Waals surface area (Å²) < 4.78 is 0.627. The molecule has 0 bridgehead atoms. The molecule has 1 aromatic heterocycles. The van der Waals surface area contributed by atoms with Crippen LogP contribution in [0.1, 0.15) is 23.3 Å². The lowest BCUT2D eigenvalue weighted by Crippen LogP contribution is -2.47. The number of nitrogens with one attached hydrogen (secondary N) is 2. The zero-order valence-electron chi connectivity index (χ0n) is 9.07. The summed E-state index contributed by atoms with van der Waals surface area (Å²) in [6.45, 7) is 0.485. The number of piperidine rings is 1. The molecule has 1 saturated heterocycles. The van der Waals surface area contributed by atoms with E-state index in [9.17, 15) is 9.59 Å². The van der Waals surface area contributed by atoms with E-state index in [0.717, 1.165) is 0 Å². The number of halogens is 1. The first-order valence-electron chi connectivity index (χ1n) is 5.35. The van der Waals surface area contributed by atoms with Gasteiger partial charge in [-0.05, 0) is 34.5 Å². The number of nitrogens with zero attached hydrogens (tertiary/aromatic N) is 1. The first-order valence-corrected chi connectivity index (χ1v) is 6.14. The van der Waals surface area contributed by atoms with Gasteiger partial charge in [-0.1, -0.05) is 6.07 Å². The third-order valence-electron chi connectivity index (χ3n) is 2.55. The number of amides is 2. The van der Waals surface area contributed by atoms with Crippen LogP contribution < -0.4 is 10.6 Å². The lowest BCUT2D eigenvalue weighted by molar-refractivity contribution is -0.122. The summed E-state index contributed by atoms with van der Waals surface area (Å²) in [6, 6.07) is 5.16. The molecule has 1 atom stereocenters. The van der Waals surface area contributed by atoms with Crippen molar-refractivity contribution in [2.45, 2.75) is 18.9 Å². The minimum absolute atomic E-state index is 0.0130. The summed E-state index contributed by atoms with van der Waals surface area (Å²) in [5, 5.41) is 5.56. The summed E-state index contributed by atoms with van der Waals surface area (Å²) in [4.78, 5) is 26.9. The maximum absolute atomic E-state index is 11.8. The monoisotopic (exact) mass is 297 g/mol. The lowest BCUT2D eigenvalue weighted by Gasteiger charge is -2.23. The molecular formula is C11H12BrN3O2. The number of carbonyl (C=O) groups excluding carboxylic acids is 2. The van der Waals surface area contributed by atoms with Gasteiger partial charge in [0.25, 0.3) is 5.91 Å². The van der Waals surface area contributed by atoms with Gasteiger partial charge < -0.3 is 10.6 Å². The first kappa shape index (κ1) is 12.0. The van der Waals surface area contributed by atoms with Crippen molar-refractivity contribution in [2.75, 3.05) is 6.54 Å². The smallest absolute Gasteiger partial charge is 0.270 e. The van der Waals surface area contributed by atoms with Gasteiger partial charge in [0, 0.05) is 19.0 Å². The predicted octanol–water partition coefficient (Wildman–Crippen LogP) is 0.853. The van der Waals surface area contributed by atoms with Crippen molar-refractivity contribution in [3.05, 3.63) is 28.5 Å². The van der Waals surface area contributed by atoms with Crippen LogP contribution in [0, 0.1) is 0 Å². The molecule has 1 aromatic rings. The van der Waals surface area contributed by atoms with Gasteiger partial charge in [0.05, 0.1) is 0 Å². The normalized spacial score (nSPS) is 19.6. The highest BCUT2D eigenvalue weighted by Gasteiger charge is 2.20. The number of pyridine rings is 1. The molecule has 2 heterocycles. The molecule has 0 aliphatic carbocycles. The fourth-order valence-electron chi connectivity index (χ4n) is 1.65. The Labute approximate surface area is 107 Å². The number of aromatic nitrogens is 1. The highest BCUT2D eigenvalue weighted by Crippen LogP contribution is 2.08. The molecule has 1 aliphatic heterocycles. The van der Waals surface area contributed by atoms with E-state index in [0.29, 0.717) is 29.7 Å². The number of hydrogen-bond acceptors (Lipinski definition) is 3. The second-order valence-electron chi connectivity index (χ2n) is 3.86. The molecule has 0 spiro atoms. The number of hydrogen-bond donors (Lipinski definition) is 2. The Morgan fingerprint density at radius 2 is 2.35 bits per heavy atom. The van der Waals surface area contributed by atoms with Crippen molar-refractivity contribution in [2.24, 2.45) is 0 Å². The van der Waals surface area contributed by atoms with Gasteiger partial charge in [-0.2, -0.15) is 0 Å². The van der Waals surface area contributed by atoms with Crippen LogP contribution in [0.15, 0.2) is 22.8 Å². The van der Waals surface area contributed by atoms with Crippen LogP contribution in [0.5, 0.6) is 0 Å². The largest absolute Gasteiger partial charge is 0.354 e. The molecule has 1 fully saturated rings. The van der Waals surface area contributed by atoms with Gasteiger partial charge in [0.1, 0.15) is 10.3 Å². The summed E-state index contributed by atoms with van der Waals surface area (Å²) >= 11 is 3.22. The molecule has 2 N–H and O–H groups in total. The highest BCUT2D eigenvalue weighted by molar-refractivity contribution is 9.10. The van der Waals surface area contributed by atoms with Crippen molar-refractivity contribution < 1.29 is 9.59 Å². The van der Waals surface area contributed by atoms with E-state index < -0.39 is 0 Å². The second kappa shape index (κ2) is 5.27. The minimum atomic E-state index is -0.215. The molecule has 0 saturated carbocycles. The topological polar surface area (TPSA) is 71.1 Å². The lowest BCUT2D eigenvalue weighted by atomic mass is 10.1. The van der Waals surface area contributed by atoms with E-state index in [1.54, 1.807) is 18.2 Å². The quantitative estimate of drug-likeness (QED) is 0.795. The van der Waals surface area contributed by atoms with Crippen LogP contribution >= 0.6 is 15.9 Å². The average Bonchev–Trinajstić information content (AvgIpc) is 2.32. The zero-order valence-corrected chi connectivity index (χ0v) is 10.7. The van der Waals surface area contributed by atoms with Gasteiger partial charge in [-0.3, -0.25) is 9.59 Å². The number of rotatable bonds is 2. The molecule has 2 amide bonds. The van der Waals surface area contributed by atoms with E-state index in [1.165, 1.54) is 0 Å². The molecule has 0 aromatic carbocycles. The Hall–Kier alpha value is -1.43. The Morgan fingerprint density at radius 3 is 3.00 bits per heavy atom. The van der Waals surface area contributed by atoms with Crippen molar-refractivity contribution in [3.63, 3.8) is 0 Å². The summed E-state index contributed by atoms with van der Waals surface area (Å²) in [5.74, 6) is -0.177. The molecule has 2 rings (SSSR count). The maximum Gasteiger partial charge on any atom is 0.270 e. The summed E-state index contributed by atoms with van der Waals surface area (Å²) in [5.41, 5.74) is 0.372. The van der Waals surface area contributed by atoms with Gasteiger partial charge in [0.2, 0.25) is 5.91 Å². The van der Waals surface area contributed by atoms with Crippen LogP contribution in [0.25, 0.3) is 0 Å². The molecule has 1 aliphatic rings. The van der Waals surface area contributed by atoms with E-state index in [1.807, 2.05) is 0 Å². The van der Waals surface area contributed by atoms with Crippen LogP contribution in [-0.4, -0.2) is 29.4 Å². The third-order valence-corrected chi connectivity index (χ3v) is 2.99. The molecule has 90 valence electrons. The summed E-state index contributed by atoms with van der Waals surface area (Å²) in [6.07, 6.45) is 1.13. The predicted molar refractivity (Wildman–Crippen MR) is 65.4 cm³/mol. The number of carbonyl (C=O) groups is 2. The van der Waals surface area contributed by atoms with Crippen molar-refractivity contribution in [1.29, 1.82) is 0 Å². The molecule has 0 radical (unpaired) electrons. The molecule has 5 nitrogen and oxygen atoms in total. The van der Waals surface area contributed by atoms with Crippen LogP contribution in [-0.2, 0) is 4.79 Å². The van der Waals surface area contributed by atoms with Gasteiger partial charge in [0.15, 0.2) is 0 Å². The third kappa shape index (κ3) is 3.26. The van der Waals surface area contributed by atoms with Gasteiger partial charge >= 0.3 is 0 Å². The maximum atomic E-state index is 11.8. The second-order valence-corrected chi connectivity index (χ2v) is 4.67. The SMILES string of the molecule is O=C1CCC(NC(=O)c2cccc(Br)n2)CN1. The Bertz CT molecular complexity index is 440.